The van der Waals surface area contributed by atoms with Crippen molar-refractivity contribution in [1.29, 1.82) is 0 Å². The zero-order valence-electron chi connectivity index (χ0n) is 13.0. The summed E-state index contributed by atoms with van der Waals surface area (Å²) in [6, 6.07) is 0.112. The standard InChI is InChI=1S/C15H29NO3S/c1-4-5-12-6-7-13(16-3)15(10-12)20(17,18)14-8-9-19-11(14)2/h11-16H,4-10H2,1-3H3. The summed E-state index contributed by atoms with van der Waals surface area (Å²) in [5, 5.41) is 2.71. The van der Waals surface area contributed by atoms with Crippen LogP contribution < -0.4 is 5.32 Å². The average molecular weight is 303 g/mol. The second-order valence-electron chi connectivity index (χ2n) is 6.39. The SMILES string of the molecule is CCCC1CCC(NC)C(S(=O)(=O)C2CCOC2C)C1. The van der Waals surface area contributed by atoms with Crippen molar-refractivity contribution >= 4 is 9.84 Å². The van der Waals surface area contributed by atoms with E-state index in [0.29, 0.717) is 18.9 Å². The Hall–Kier alpha value is -0.130. The molecule has 2 rings (SSSR count). The topological polar surface area (TPSA) is 55.4 Å². The van der Waals surface area contributed by atoms with Crippen LogP contribution in [0.3, 0.4) is 0 Å². The molecule has 1 saturated heterocycles. The predicted octanol–water partition coefficient (Wildman–Crippen LogP) is 2.14. The highest BCUT2D eigenvalue weighted by Gasteiger charge is 2.45. The maximum Gasteiger partial charge on any atom is 0.160 e. The number of sulfone groups is 1. The molecule has 1 aliphatic heterocycles. The van der Waals surface area contributed by atoms with Gasteiger partial charge >= 0.3 is 0 Å². The van der Waals surface area contributed by atoms with E-state index >= 15 is 0 Å². The normalized spacial score (nSPS) is 39.0. The van der Waals surface area contributed by atoms with Gasteiger partial charge in [0.05, 0.1) is 16.6 Å². The van der Waals surface area contributed by atoms with Gasteiger partial charge in [0.15, 0.2) is 9.84 Å². The molecule has 0 aromatic heterocycles. The molecule has 1 saturated carbocycles. The third-order valence-corrected chi connectivity index (χ3v) is 7.95. The van der Waals surface area contributed by atoms with E-state index in [9.17, 15) is 8.42 Å². The lowest BCUT2D eigenvalue weighted by Crippen LogP contribution is -2.50. The summed E-state index contributed by atoms with van der Waals surface area (Å²) in [4.78, 5) is 0. The number of hydrogen-bond donors (Lipinski definition) is 1. The van der Waals surface area contributed by atoms with Crippen molar-refractivity contribution in [3.05, 3.63) is 0 Å². The fourth-order valence-corrected chi connectivity index (χ4v) is 6.70. The van der Waals surface area contributed by atoms with Gasteiger partial charge in [-0.1, -0.05) is 19.8 Å². The van der Waals surface area contributed by atoms with Gasteiger partial charge in [0.25, 0.3) is 0 Å². The Labute approximate surface area is 123 Å². The van der Waals surface area contributed by atoms with Crippen LogP contribution in [0.15, 0.2) is 0 Å². The number of ether oxygens (including phenoxy) is 1. The van der Waals surface area contributed by atoms with Gasteiger partial charge in [-0.25, -0.2) is 8.42 Å². The van der Waals surface area contributed by atoms with Gasteiger partial charge < -0.3 is 10.1 Å². The van der Waals surface area contributed by atoms with Crippen LogP contribution in [0.4, 0.5) is 0 Å². The summed E-state index contributed by atoms with van der Waals surface area (Å²) < 4.78 is 31.5. The van der Waals surface area contributed by atoms with Gasteiger partial charge in [-0.2, -0.15) is 0 Å². The number of hydrogen-bond acceptors (Lipinski definition) is 4. The largest absolute Gasteiger partial charge is 0.377 e. The van der Waals surface area contributed by atoms with Crippen LogP contribution in [-0.4, -0.2) is 44.7 Å². The lowest BCUT2D eigenvalue weighted by Gasteiger charge is -2.37. The first-order valence-corrected chi connectivity index (χ1v) is 9.63. The van der Waals surface area contributed by atoms with E-state index in [-0.39, 0.29) is 22.6 Å². The summed E-state index contributed by atoms with van der Waals surface area (Å²) in [7, 11) is -1.22. The molecule has 1 aliphatic carbocycles. The Kier molecular flexibility index (Phi) is 5.49. The Bertz CT molecular complexity index is 409. The zero-order chi connectivity index (χ0) is 14.8. The minimum atomic E-state index is -3.11. The van der Waals surface area contributed by atoms with E-state index < -0.39 is 9.84 Å². The van der Waals surface area contributed by atoms with Gasteiger partial charge in [-0.05, 0) is 45.6 Å². The maximum absolute atomic E-state index is 13.0. The monoisotopic (exact) mass is 303 g/mol. The van der Waals surface area contributed by atoms with E-state index in [0.717, 1.165) is 32.1 Å². The molecular weight excluding hydrogens is 274 g/mol. The van der Waals surface area contributed by atoms with E-state index in [1.807, 2.05) is 14.0 Å². The van der Waals surface area contributed by atoms with Gasteiger partial charge in [0, 0.05) is 12.6 Å². The molecule has 0 aromatic rings. The molecule has 2 fully saturated rings. The van der Waals surface area contributed by atoms with E-state index in [4.69, 9.17) is 4.74 Å². The van der Waals surface area contributed by atoms with Crippen molar-refractivity contribution in [2.75, 3.05) is 13.7 Å². The molecule has 118 valence electrons. The smallest absolute Gasteiger partial charge is 0.160 e. The van der Waals surface area contributed by atoms with Crippen molar-refractivity contribution in [3.63, 3.8) is 0 Å². The van der Waals surface area contributed by atoms with E-state index in [1.54, 1.807) is 0 Å². The molecule has 0 aromatic carbocycles. The highest BCUT2D eigenvalue weighted by Crippen LogP contribution is 2.36. The van der Waals surface area contributed by atoms with Crippen LogP contribution in [0, 0.1) is 5.92 Å². The second-order valence-corrected chi connectivity index (χ2v) is 8.78. The van der Waals surface area contributed by atoms with Crippen molar-refractivity contribution < 1.29 is 13.2 Å². The Morgan fingerprint density at radius 2 is 1.95 bits per heavy atom. The van der Waals surface area contributed by atoms with Crippen LogP contribution in [-0.2, 0) is 14.6 Å². The van der Waals surface area contributed by atoms with Crippen LogP contribution in [0.2, 0.25) is 0 Å². The van der Waals surface area contributed by atoms with Gasteiger partial charge in [-0.3, -0.25) is 0 Å². The lowest BCUT2D eigenvalue weighted by molar-refractivity contribution is 0.126. The minimum Gasteiger partial charge on any atom is -0.377 e. The Morgan fingerprint density at radius 1 is 1.20 bits per heavy atom. The predicted molar refractivity (Wildman–Crippen MR) is 81.6 cm³/mol. The third-order valence-electron chi connectivity index (χ3n) is 5.12. The summed E-state index contributed by atoms with van der Waals surface area (Å²) in [5.74, 6) is 0.571. The molecule has 20 heavy (non-hydrogen) atoms. The average Bonchev–Trinajstić information content (AvgIpc) is 2.86. The molecule has 0 amide bonds. The molecule has 1 N–H and O–H groups in total. The fraction of sp³-hybridized carbons (Fsp3) is 1.00. The first kappa shape index (κ1) is 16.2. The molecule has 2 aliphatic rings. The number of nitrogens with one attached hydrogen (secondary N) is 1. The zero-order valence-corrected chi connectivity index (χ0v) is 13.8. The maximum atomic E-state index is 13.0. The van der Waals surface area contributed by atoms with Crippen molar-refractivity contribution in [1.82, 2.24) is 5.32 Å². The molecule has 0 bridgehead atoms. The van der Waals surface area contributed by atoms with Gasteiger partial charge in [0.1, 0.15) is 0 Å². The quantitative estimate of drug-likeness (QED) is 0.845. The summed E-state index contributed by atoms with van der Waals surface area (Å²) in [6.07, 6.45) is 5.77. The highest BCUT2D eigenvalue weighted by atomic mass is 32.2. The first-order chi connectivity index (χ1) is 9.50. The van der Waals surface area contributed by atoms with Crippen LogP contribution in [0.1, 0.15) is 52.4 Å². The third kappa shape index (κ3) is 3.20. The summed E-state index contributed by atoms with van der Waals surface area (Å²) in [6.45, 7) is 4.66. The molecule has 0 radical (unpaired) electrons. The Balaban J connectivity index is 2.17. The van der Waals surface area contributed by atoms with Crippen LogP contribution in [0.25, 0.3) is 0 Å². The molecule has 4 nitrogen and oxygen atoms in total. The van der Waals surface area contributed by atoms with Gasteiger partial charge in [-0.15, -0.1) is 0 Å². The molecule has 0 spiro atoms. The molecular formula is C15H29NO3S. The second kappa shape index (κ2) is 6.75. The molecule has 1 heterocycles. The molecule has 5 heteroatoms. The fourth-order valence-electron chi connectivity index (χ4n) is 3.94. The lowest BCUT2D eigenvalue weighted by atomic mass is 9.83. The van der Waals surface area contributed by atoms with Gasteiger partial charge in [0.2, 0.25) is 0 Å². The van der Waals surface area contributed by atoms with E-state index in [2.05, 4.69) is 12.2 Å². The number of rotatable bonds is 5. The van der Waals surface area contributed by atoms with Crippen LogP contribution in [0.5, 0.6) is 0 Å². The Morgan fingerprint density at radius 3 is 2.50 bits per heavy atom. The summed E-state index contributed by atoms with van der Waals surface area (Å²) >= 11 is 0. The molecule has 5 unspecified atom stereocenters. The minimum absolute atomic E-state index is 0.112. The summed E-state index contributed by atoms with van der Waals surface area (Å²) in [5.41, 5.74) is 0. The van der Waals surface area contributed by atoms with Crippen LogP contribution >= 0.6 is 0 Å². The van der Waals surface area contributed by atoms with Crippen molar-refractivity contribution in [2.45, 2.75) is 75.0 Å². The van der Waals surface area contributed by atoms with E-state index in [1.165, 1.54) is 0 Å². The first-order valence-electron chi connectivity index (χ1n) is 8.02. The van der Waals surface area contributed by atoms with Crippen molar-refractivity contribution in [3.8, 4) is 0 Å². The van der Waals surface area contributed by atoms with Crippen molar-refractivity contribution in [2.24, 2.45) is 5.92 Å². The molecule has 5 atom stereocenters. The highest BCUT2D eigenvalue weighted by molar-refractivity contribution is 7.92.